The van der Waals surface area contributed by atoms with Crippen molar-refractivity contribution in [3.8, 4) is 11.5 Å². The lowest BCUT2D eigenvalue weighted by molar-refractivity contribution is 0.0204. The van der Waals surface area contributed by atoms with E-state index in [9.17, 15) is 5.11 Å². The molecule has 1 aromatic carbocycles. The van der Waals surface area contributed by atoms with Crippen LogP contribution in [0.15, 0.2) is 30.9 Å². The summed E-state index contributed by atoms with van der Waals surface area (Å²) in [6, 6.07) is 6.90. The molecule has 0 spiro atoms. The molecule has 1 aliphatic rings. The van der Waals surface area contributed by atoms with Gasteiger partial charge in [0.1, 0.15) is 12.7 Å². The fourth-order valence-electron chi connectivity index (χ4n) is 3.44. The summed E-state index contributed by atoms with van der Waals surface area (Å²) in [5.74, 6) is 1.37. The second-order valence-electron chi connectivity index (χ2n) is 6.77. The van der Waals surface area contributed by atoms with Crippen molar-refractivity contribution < 1.29 is 14.6 Å². The highest BCUT2D eigenvalue weighted by Crippen LogP contribution is 2.29. The minimum Gasteiger partial charge on any atom is -0.493 e. The minimum absolute atomic E-state index is 0.271. The second kappa shape index (κ2) is 9.09. The number of methoxy groups -OCH3 is 1. The molecule has 1 saturated heterocycles. The maximum Gasteiger partial charge on any atom is 0.161 e. The Bertz CT molecular complexity index is 522. The zero-order valence-electron chi connectivity index (χ0n) is 15.2. The number of likely N-dealkylation sites (tertiary alicyclic amines) is 1. The summed E-state index contributed by atoms with van der Waals surface area (Å²) in [5.41, 5.74) is 1.13. The van der Waals surface area contributed by atoms with E-state index in [0.717, 1.165) is 12.0 Å². The monoisotopic (exact) mass is 333 g/mol. The van der Waals surface area contributed by atoms with Gasteiger partial charge in [-0.15, -0.1) is 6.58 Å². The van der Waals surface area contributed by atoms with Gasteiger partial charge in [-0.1, -0.05) is 18.6 Å². The number of hydrogen-bond donors (Lipinski definition) is 1. The minimum atomic E-state index is -0.509. The number of β-amino-alcohol motifs (C(OH)–C–C–N with tert-alkyl or cyclic N) is 1. The van der Waals surface area contributed by atoms with E-state index in [1.807, 2.05) is 24.3 Å². The van der Waals surface area contributed by atoms with Gasteiger partial charge in [0.2, 0.25) is 0 Å². The first-order chi connectivity index (χ1) is 11.5. The Hall–Kier alpha value is -1.52. The van der Waals surface area contributed by atoms with Gasteiger partial charge in [0.15, 0.2) is 11.5 Å². The number of piperidine rings is 1. The summed E-state index contributed by atoms with van der Waals surface area (Å²) in [6.45, 7) is 9.16. The van der Waals surface area contributed by atoms with Gasteiger partial charge >= 0.3 is 0 Å². The lowest BCUT2D eigenvalue weighted by atomic mass is 9.97. The number of hydrogen-bond acceptors (Lipinski definition) is 4. The average Bonchev–Trinajstić information content (AvgIpc) is 2.57. The van der Waals surface area contributed by atoms with Crippen LogP contribution in [-0.2, 0) is 6.42 Å². The molecule has 1 aliphatic heterocycles. The lowest BCUT2D eigenvalue weighted by Gasteiger charge is -2.40. The molecule has 134 valence electrons. The number of aliphatic hydroxyl groups is 1. The highest BCUT2D eigenvalue weighted by molar-refractivity contribution is 5.43. The van der Waals surface area contributed by atoms with Crippen LogP contribution in [0.2, 0.25) is 0 Å². The van der Waals surface area contributed by atoms with Crippen LogP contribution >= 0.6 is 0 Å². The first-order valence-electron chi connectivity index (χ1n) is 8.89. The topological polar surface area (TPSA) is 41.9 Å². The van der Waals surface area contributed by atoms with E-state index in [4.69, 9.17) is 9.47 Å². The quantitative estimate of drug-likeness (QED) is 0.740. The lowest BCUT2D eigenvalue weighted by Crippen LogP contribution is -2.48. The van der Waals surface area contributed by atoms with Crippen molar-refractivity contribution in [3.05, 3.63) is 36.4 Å². The summed E-state index contributed by atoms with van der Waals surface area (Å²) in [5, 5.41) is 10.4. The average molecular weight is 333 g/mol. The van der Waals surface area contributed by atoms with E-state index >= 15 is 0 Å². The Kier molecular flexibility index (Phi) is 7.13. The van der Waals surface area contributed by atoms with E-state index in [0.29, 0.717) is 30.1 Å². The molecule has 0 amide bonds. The molecule has 1 aromatic rings. The van der Waals surface area contributed by atoms with E-state index in [1.54, 1.807) is 7.11 Å². The SMILES string of the molecule is C=CCc1ccc(OCC(O)CN2C(C)CCCC2C)c(OC)c1. The van der Waals surface area contributed by atoms with Crippen LogP contribution in [0.3, 0.4) is 0 Å². The fraction of sp³-hybridized carbons (Fsp3) is 0.600. The third-order valence-corrected chi connectivity index (χ3v) is 4.84. The summed E-state index contributed by atoms with van der Waals surface area (Å²) < 4.78 is 11.2. The van der Waals surface area contributed by atoms with Crippen molar-refractivity contribution >= 4 is 0 Å². The molecule has 0 aromatic heterocycles. The van der Waals surface area contributed by atoms with E-state index < -0.39 is 6.10 Å². The Morgan fingerprint density at radius 1 is 1.29 bits per heavy atom. The number of rotatable bonds is 8. The van der Waals surface area contributed by atoms with Gasteiger partial charge in [-0.05, 0) is 50.8 Å². The summed E-state index contributed by atoms with van der Waals surface area (Å²) >= 11 is 0. The van der Waals surface area contributed by atoms with Gasteiger partial charge in [-0.25, -0.2) is 0 Å². The summed E-state index contributed by atoms with van der Waals surface area (Å²) in [6.07, 6.45) is 5.84. The highest BCUT2D eigenvalue weighted by atomic mass is 16.5. The van der Waals surface area contributed by atoms with Gasteiger partial charge in [0.25, 0.3) is 0 Å². The normalized spacial score (nSPS) is 22.8. The van der Waals surface area contributed by atoms with E-state index in [2.05, 4.69) is 25.3 Å². The Balaban J connectivity index is 1.91. The molecule has 1 heterocycles. The molecule has 0 aliphatic carbocycles. The third kappa shape index (κ3) is 4.99. The van der Waals surface area contributed by atoms with Crippen LogP contribution in [0.5, 0.6) is 11.5 Å². The number of benzene rings is 1. The second-order valence-corrected chi connectivity index (χ2v) is 6.77. The van der Waals surface area contributed by atoms with Crippen molar-refractivity contribution in [2.75, 3.05) is 20.3 Å². The van der Waals surface area contributed by atoms with Crippen LogP contribution in [0.25, 0.3) is 0 Å². The standard InChI is InChI=1S/C20H31NO3/c1-5-7-17-10-11-19(20(12-17)23-4)24-14-18(22)13-21-15(2)8-6-9-16(21)3/h5,10-12,15-16,18,22H,1,6-9,13-14H2,2-4H3. The molecular formula is C20H31NO3. The van der Waals surface area contributed by atoms with Crippen LogP contribution in [0.1, 0.15) is 38.7 Å². The van der Waals surface area contributed by atoms with Gasteiger partial charge in [-0.2, -0.15) is 0 Å². The summed E-state index contributed by atoms with van der Waals surface area (Å²) in [7, 11) is 1.63. The van der Waals surface area contributed by atoms with Crippen molar-refractivity contribution in [3.63, 3.8) is 0 Å². The van der Waals surface area contributed by atoms with Gasteiger partial charge in [-0.3, -0.25) is 4.90 Å². The van der Waals surface area contributed by atoms with Crippen LogP contribution < -0.4 is 9.47 Å². The molecular weight excluding hydrogens is 302 g/mol. The van der Waals surface area contributed by atoms with Crippen LogP contribution in [-0.4, -0.2) is 48.5 Å². The van der Waals surface area contributed by atoms with Crippen molar-refractivity contribution in [1.29, 1.82) is 0 Å². The molecule has 4 heteroatoms. The maximum atomic E-state index is 10.4. The number of allylic oxidation sites excluding steroid dienone is 1. The predicted molar refractivity (Wildman–Crippen MR) is 97.9 cm³/mol. The highest BCUT2D eigenvalue weighted by Gasteiger charge is 2.26. The van der Waals surface area contributed by atoms with Gasteiger partial charge in [0.05, 0.1) is 7.11 Å². The third-order valence-electron chi connectivity index (χ3n) is 4.84. The largest absolute Gasteiger partial charge is 0.493 e. The summed E-state index contributed by atoms with van der Waals surface area (Å²) in [4.78, 5) is 2.39. The fourth-order valence-corrected chi connectivity index (χ4v) is 3.44. The Morgan fingerprint density at radius 3 is 2.62 bits per heavy atom. The smallest absolute Gasteiger partial charge is 0.161 e. The van der Waals surface area contributed by atoms with Crippen molar-refractivity contribution in [2.24, 2.45) is 0 Å². The molecule has 0 saturated carbocycles. The number of ether oxygens (including phenoxy) is 2. The zero-order chi connectivity index (χ0) is 17.5. The molecule has 3 unspecified atom stereocenters. The predicted octanol–water partition coefficient (Wildman–Crippen LogP) is 3.43. The Morgan fingerprint density at radius 2 is 2.00 bits per heavy atom. The van der Waals surface area contributed by atoms with E-state index in [1.165, 1.54) is 19.3 Å². The molecule has 1 fully saturated rings. The van der Waals surface area contributed by atoms with Crippen LogP contribution in [0, 0.1) is 0 Å². The van der Waals surface area contributed by atoms with E-state index in [-0.39, 0.29) is 6.61 Å². The Labute approximate surface area is 146 Å². The molecule has 1 N–H and O–H groups in total. The first kappa shape index (κ1) is 18.8. The molecule has 3 atom stereocenters. The van der Waals surface area contributed by atoms with Crippen LogP contribution in [0.4, 0.5) is 0 Å². The first-order valence-corrected chi connectivity index (χ1v) is 8.89. The van der Waals surface area contributed by atoms with Crippen molar-refractivity contribution in [1.82, 2.24) is 4.90 Å². The molecule has 2 rings (SSSR count). The molecule has 4 nitrogen and oxygen atoms in total. The molecule has 0 bridgehead atoms. The number of aliphatic hydroxyl groups excluding tert-OH is 1. The number of nitrogens with zero attached hydrogens (tertiary/aromatic N) is 1. The van der Waals surface area contributed by atoms with Gasteiger partial charge in [0, 0.05) is 18.6 Å². The molecule has 0 radical (unpaired) electrons. The maximum absolute atomic E-state index is 10.4. The molecule has 24 heavy (non-hydrogen) atoms. The zero-order valence-corrected chi connectivity index (χ0v) is 15.2. The van der Waals surface area contributed by atoms with Crippen molar-refractivity contribution in [2.45, 2.75) is 57.7 Å². The van der Waals surface area contributed by atoms with Gasteiger partial charge < -0.3 is 14.6 Å².